The smallest absolute Gasteiger partial charge is 0.306 e. The molecule has 0 aromatic heterocycles. The average molecular weight is 316 g/mol. The molecular weight excluding hydrogens is 298 g/mol. The highest BCUT2D eigenvalue weighted by Crippen LogP contribution is 2.03. The standard InChI is InChI=1S/C9H18BrNO4S/c1-3-15-9(12)5-8-16(13,14)11(2)7-4-6-10/h3-8H2,1-2H3. The lowest BCUT2D eigenvalue weighted by molar-refractivity contribution is -0.142. The van der Waals surface area contributed by atoms with E-state index < -0.39 is 16.0 Å². The summed E-state index contributed by atoms with van der Waals surface area (Å²) in [5.74, 6) is -0.662. The van der Waals surface area contributed by atoms with E-state index in [9.17, 15) is 13.2 Å². The van der Waals surface area contributed by atoms with Crippen LogP contribution in [-0.4, -0.2) is 50.0 Å². The summed E-state index contributed by atoms with van der Waals surface area (Å²) in [5.41, 5.74) is 0. The predicted octanol–water partition coefficient (Wildman–Crippen LogP) is 0.986. The zero-order valence-electron chi connectivity index (χ0n) is 9.61. The van der Waals surface area contributed by atoms with Gasteiger partial charge in [0.15, 0.2) is 0 Å². The molecular formula is C9H18BrNO4S. The maximum atomic E-state index is 11.6. The quantitative estimate of drug-likeness (QED) is 0.495. The number of carbonyl (C=O) groups excluding carboxylic acids is 1. The number of hydrogen-bond donors (Lipinski definition) is 0. The van der Waals surface area contributed by atoms with Gasteiger partial charge in [-0.3, -0.25) is 4.79 Å². The Morgan fingerprint density at radius 3 is 2.56 bits per heavy atom. The van der Waals surface area contributed by atoms with E-state index in [-0.39, 0.29) is 18.8 Å². The minimum absolute atomic E-state index is 0.0885. The van der Waals surface area contributed by atoms with Gasteiger partial charge in [-0.1, -0.05) is 15.9 Å². The van der Waals surface area contributed by atoms with Gasteiger partial charge in [0, 0.05) is 18.9 Å². The van der Waals surface area contributed by atoms with E-state index in [2.05, 4.69) is 20.7 Å². The van der Waals surface area contributed by atoms with Crippen molar-refractivity contribution in [2.75, 3.05) is 31.3 Å². The minimum atomic E-state index is -3.33. The maximum absolute atomic E-state index is 11.6. The Bertz CT molecular complexity index is 305. The van der Waals surface area contributed by atoms with E-state index in [0.29, 0.717) is 6.54 Å². The molecule has 0 bridgehead atoms. The second kappa shape index (κ2) is 8.03. The van der Waals surface area contributed by atoms with Crippen molar-refractivity contribution in [3.8, 4) is 0 Å². The number of halogens is 1. The van der Waals surface area contributed by atoms with E-state index in [1.54, 1.807) is 6.92 Å². The first-order valence-corrected chi connectivity index (χ1v) is 7.82. The molecule has 0 heterocycles. The van der Waals surface area contributed by atoms with E-state index in [4.69, 9.17) is 0 Å². The van der Waals surface area contributed by atoms with E-state index in [1.807, 2.05) is 0 Å². The Kier molecular flexibility index (Phi) is 7.96. The van der Waals surface area contributed by atoms with Crippen LogP contribution in [0.4, 0.5) is 0 Å². The molecule has 0 spiro atoms. The lowest BCUT2D eigenvalue weighted by Gasteiger charge is -2.15. The Morgan fingerprint density at radius 1 is 1.44 bits per heavy atom. The number of ether oxygens (including phenoxy) is 1. The molecule has 5 nitrogen and oxygen atoms in total. The van der Waals surface area contributed by atoms with Crippen LogP contribution in [0.3, 0.4) is 0 Å². The molecule has 0 aliphatic rings. The van der Waals surface area contributed by atoms with Crippen molar-refractivity contribution >= 4 is 31.9 Å². The predicted molar refractivity (Wildman–Crippen MR) is 66.1 cm³/mol. The number of carbonyl (C=O) groups is 1. The van der Waals surface area contributed by atoms with Crippen molar-refractivity contribution in [3.63, 3.8) is 0 Å². The fraction of sp³-hybridized carbons (Fsp3) is 0.889. The Balaban J connectivity index is 4.08. The summed E-state index contributed by atoms with van der Waals surface area (Å²) < 4.78 is 29.2. The van der Waals surface area contributed by atoms with Gasteiger partial charge < -0.3 is 4.74 Å². The lowest BCUT2D eigenvalue weighted by Crippen LogP contribution is -2.31. The van der Waals surface area contributed by atoms with Gasteiger partial charge in [0.2, 0.25) is 10.0 Å². The van der Waals surface area contributed by atoms with E-state index in [0.717, 1.165) is 11.8 Å². The van der Waals surface area contributed by atoms with Gasteiger partial charge in [-0.2, -0.15) is 0 Å². The Morgan fingerprint density at radius 2 is 2.06 bits per heavy atom. The van der Waals surface area contributed by atoms with Crippen molar-refractivity contribution in [2.45, 2.75) is 19.8 Å². The lowest BCUT2D eigenvalue weighted by atomic mass is 10.5. The molecule has 0 aliphatic heterocycles. The highest BCUT2D eigenvalue weighted by Gasteiger charge is 2.19. The first kappa shape index (κ1) is 15.9. The molecule has 0 radical (unpaired) electrons. The Hall–Kier alpha value is -0.140. The van der Waals surface area contributed by atoms with Crippen LogP contribution in [0.2, 0.25) is 0 Å². The van der Waals surface area contributed by atoms with Gasteiger partial charge >= 0.3 is 5.97 Å². The summed E-state index contributed by atoms with van der Waals surface area (Å²) in [6.07, 6.45) is 0.657. The number of esters is 1. The number of hydrogen-bond acceptors (Lipinski definition) is 4. The topological polar surface area (TPSA) is 63.7 Å². The third kappa shape index (κ3) is 6.44. The minimum Gasteiger partial charge on any atom is -0.466 e. The number of rotatable bonds is 8. The van der Waals surface area contributed by atoms with Crippen LogP contribution < -0.4 is 0 Å². The van der Waals surface area contributed by atoms with Crippen LogP contribution in [0, 0.1) is 0 Å². The third-order valence-corrected chi connectivity index (χ3v) is 4.36. The summed E-state index contributed by atoms with van der Waals surface area (Å²) in [7, 11) is -1.82. The molecule has 16 heavy (non-hydrogen) atoms. The van der Waals surface area contributed by atoms with Crippen molar-refractivity contribution in [2.24, 2.45) is 0 Å². The van der Waals surface area contributed by atoms with Crippen molar-refractivity contribution < 1.29 is 17.9 Å². The maximum Gasteiger partial charge on any atom is 0.306 e. The molecule has 0 fully saturated rings. The molecule has 0 saturated carbocycles. The highest BCUT2D eigenvalue weighted by atomic mass is 79.9. The van der Waals surface area contributed by atoms with Gasteiger partial charge in [-0.05, 0) is 13.3 Å². The van der Waals surface area contributed by atoms with Crippen molar-refractivity contribution in [1.82, 2.24) is 4.31 Å². The largest absolute Gasteiger partial charge is 0.466 e. The van der Waals surface area contributed by atoms with Gasteiger partial charge in [-0.25, -0.2) is 12.7 Å². The van der Waals surface area contributed by atoms with Crippen molar-refractivity contribution in [1.29, 1.82) is 0 Å². The average Bonchev–Trinajstić information content (AvgIpc) is 2.23. The zero-order chi connectivity index (χ0) is 12.6. The molecule has 0 aromatic rings. The van der Waals surface area contributed by atoms with Crippen LogP contribution >= 0.6 is 15.9 Å². The SMILES string of the molecule is CCOC(=O)CCS(=O)(=O)N(C)CCCBr. The van der Waals surface area contributed by atoms with Crippen LogP contribution in [-0.2, 0) is 19.6 Å². The van der Waals surface area contributed by atoms with Gasteiger partial charge in [0.05, 0.1) is 18.8 Å². The second-order valence-corrected chi connectivity index (χ2v) is 6.22. The van der Waals surface area contributed by atoms with Crippen LogP contribution in [0.15, 0.2) is 0 Å². The molecule has 0 aromatic carbocycles. The molecule has 0 rings (SSSR count). The monoisotopic (exact) mass is 315 g/mol. The molecule has 0 amide bonds. The summed E-state index contributed by atoms with van der Waals surface area (Å²) in [6, 6.07) is 0. The van der Waals surface area contributed by atoms with E-state index >= 15 is 0 Å². The van der Waals surface area contributed by atoms with Crippen LogP contribution in [0.25, 0.3) is 0 Å². The fourth-order valence-corrected chi connectivity index (χ4v) is 2.42. The molecule has 96 valence electrons. The molecule has 0 unspecified atom stereocenters. The van der Waals surface area contributed by atoms with Gasteiger partial charge in [0.1, 0.15) is 0 Å². The summed E-state index contributed by atoms with van der Waals surface area (Å²) in [5, 5.41) is 0.755. The highest BCUT2D eigenvalue weighted by molar-refractivity contribution is 9.09. The molecule has 0 atom stereocenters. The molecule has 0 saturated heterocycles. The first-order valence-electron chi connectivity index (χ1n) is 5.09. The van der Waals surface area contributed by atoms with E-state index in [1.165, 1.54) is 11.4 Å². The summed E-state index contributed by atoms with van der Waals surface area (Å²) >= 11 is 3.23. The van der Waals surface area contributed by atoms with Gasteiger partial charge in [-0.15, -0.1) is 0 Å². The summed E-state index contributed by atoms with van der Waals surface area (Å²) in [6.45, 7) is 2.42. The molecule has 0 N–H and O–H groups in total. The second-order valence-electron chi connectivity index (χ2n) is 3.24. The molecule has 7 heteroatoms. The van der Waals surface area contributed by atoms with Crippen LogP contribution in [0.1, 0.15) is 19.8 Å². The third-order valence-electron chi connectivity index (χ3n) is 1.95. The van der Waals surface area contributed by atoms with Crippen LogP contribution in [0.5, 0.6) is 0 Å². The first-order chi connectivity index (χ1) is 7.44. The molecule has 0 aliphatic carbocycles. The van der Waals surface area contributed by atoms with Gasteiger partial charge in [0.25, 0.3) is 0 Å². The number of alkyl halides is 1. The van der Waals surface area contributed by atoms with Crippen molar-refractivity contribution in [3.05, 3.63) is 0 Å². The summed E-state index contributed by atoms with van der Waals surface area (Å²) in [4.78, 5) is 11.0. The normalized spacial score (nSPS) is 11.8. The Labute approximate surface area is 105 Å². The number of sulfonamides is 1. The zero-order valence-corrected chi connectivity index (χ0v) is 12.0. The number of nitrogens with zero attached hydrogens (tertiary/aromatic N) is 1. The fourth-order valence-electron chi connectivity index (χ4n) is 1.02.